The van der Waals surface area contributed by atoms with Crippen molar-refractivity contribution in [3.05, 3.63) is 0 Å². The van der Waals surface area contributed by atoms with Gasteiger partial charge in [-0.05, 0) is 0 Å². The molecule has 0 radical (unpaired) electrons. The lowest BCUT2D eigenvalue weighted by atomic mass is 9.86. The zero-order valence-electron chi connectivity index (χ0n) is 16.4. The Labute approximate surface area is 180 Å². The molecule has 0 aromatic rings. The van der Waals surface area contributed by atoms with E-state index < -0.39 is 89.6 Å². The molecule has 1 rings (SSSR count). The Balaban J connectivity index is 3.40. The fraction of sp³-hybridized carbons (Fsp3) is 0.923. The summed E-state index contributed by atoms with van der Waals surface area (Å²) in [4.78, 5) is 47.7. The van der Waals surface area contributed by atoms with E-state index in [4.69, 9.17) is 14.5 Å². The third kappa shape index (κ3) is 8.32. The molecular formula is C13H27NO16P2. The molecule has 0 aromatic carbocycles. The van der Waals surface area contributed by atoms with Crippen molar-refractivity contribution in [2.24, 2.45) is 0 Å². The largest absolute Gasteiger partial charge is 0.470 e. The highest BCUT2D eigenvalue weighted by atomic mass is 31.2. The minimum absolute atomic E-state index is 0.833. The molecule has 1 aliphatic rings. The van der Waals surface area contributed by atoms with E-state index in [2.05, 4.69) is 14.4 Å². The fourth-order valence-electron chi connectivity index (χ4n) is 3.10. The Morgan fingerprint density at radius 1 is 1.00 bits per heavy atom. The molecule has 19 heteroatoms. The zero-order valence-corrected chi connectivity index (χ0v) is 18.2. The maximum Gasteiger partial charge on any atom is 0.470 e. The van der Waals surface area contributed by atoms with Crippen molar-refractivity contribution in [3.8, 4) is 0 Å². The molecule has 1 fully saturated rings. The van der Waals surface area contributed by atoms with Crippen LogP contribution in [0.15, 0.2) is 0 Å². The van der Waals surface area contributed by atoms with E-state index in [0.717, 1.165) is 6.92 Å². The number of hydrogen-bond donors (Lipinski definition) is 11. The van der Waals surface area contributed by atoms with E-state index in [9.17, 15) is 54.4 Å². The van der Waals surface area contributed by atoms with Gasteiger partial charge in [-0.25, -0.2) is 9.13 Å². The molecule has 0 bridgehead atoms. The molecule has 17 nitrogen and oxygen atoms in total. The Kier molecular flexibility index (Phi) is 10.8. The van der Waals surface area contributed by atoms with Crippen molar-refractivity contribution in [2.75, 3.05) is 13.2 Å². The van der Waals surface area contributed by atoms with Gasteiger partial charge in [-0.15, -0.1) is 0 Å². The average Bonchev–Trinajstić information content (AvgIpc) is 2.65. The first kappa shape index (κ1) is 29.4. The van der Waals surface area contributed by atoms with Gasteiger partial charge in [0, 0.05) is 6.92 Å². The first-order chi connectivity index (χ1) is 14.5. The summed E-state index contributed by atoms with van der Waals surface area (Å²) >= 11 is 0. The minimum atomic E-state index is -5.51. The number of ether oxygens (including phenoxy) is 1. The predicted octanol–water partition coefficient (Wildman–Crippen LogP) is -5.36. The summed E-state index contributed by atoms with van der Waals surface area (Å²) in [5.74, 6) is -0.833. The third-order valence-electron chi connectivity index (χ3n) is 4.44. The van der Waals surface area contributed by atoms with Crippen LogP contribution in [0.3, 0.4) is 0 Å². The highest BCUT2D eigenvalue weighted by Crippen LogP contribution is 2.43. The van der Waals surface area contributed by atoms with Crippen LogP contribution in [-0.4, -0.2) is 124 Å². The van der Waals surface area contributed by atoms with Crippen molar-refractivity contribution in [1.29, 1.82) is 0 Å². The first-order valence-corrected chi connectivity index (χ1v) is 11.9. The Bertz CT molecular complexity index is 712. The van der Waals surface area contributed by atoms with Crippen LogP contribution in [0, 0.1) is 0 Å². The van der Waals surface area contributed by atoms with E-state index in [0.29, 0.717) is 0 Å². The van der Waals surface area contributed by atoms with Gasteiger partial charge in [-0.1, -0.05) is 0 Å². The molecule has 1 saturated heterocycles. The number of phosphoric ester groups is 2. The average molecular weight is 515 g/mol. The summed E-state index contributed by atoms with van der Waals surface area (Å²) in [6.45, 7) is -1.26. The summed E-state index contributed by atoms with van der Waals surface area (Å²) in [6.07, 6.45) is -16.9. The van der Waals surface area contributed by atoms with Crippen LogP contribution >= 0.6 is 15.6 Å². The molecule has 0 spiro atoms. The molecule has 190 valence electrons. The van der Waals surface area contributed by atoms with Crippen LogP contribution < -0.4 is 5.32 Å². The standard InChI is InChI=1S/C13H27NO16P2/c1-4(17)14-7-10(20)8(18)5(2-15)28-12(7)13(30-32(25,26)27)11(21)9(19)6(3-16)29-31(22,23)24/h5-13,15-16,18-21H,2-3H2,1H3,(H,14,17)(H2,22,23,24)(H2,25,26,27)/t5-,6-,7-,8-,9-,10-,11-,12+,13?/m1/s1. The van der Waals surface area contributed by atoms with Crippen molar-refractivity contribution in [3.63, 3.8) is 0 Å². The topological polar surface area (TPSA) is 293 Å². The van der Waals surface area contributed by atoms with Crippen LogP contribution in [0.2, 0.25) is 0 Å². The fourth-order valence-corrected chi connectivity index (χ4v) is 4.20. The van der Waals surface area contributed by atoms with Crippen LogP contribution in [0.5, 0.6) is 0 Å². The zero-order chi connectivity index (χ0) is 25.0. The molecule has 1 heterocycles. The molecule has 1 amide bonds. The van der Waals surface area contributed by atoms with E-state index in [1.165, 1.54) is 0 Å². The third-order valence-corrected chi connectivity index (χ3v) is 5.50. The molecule has 1 unspecified atom stereocenters. The molecule has 0 aromatic heterocycles. The van der Waals surface area contributed by atoms with Crippen LogP contribution in [0.25, 0.3) is 0 Å². The number of aliphatic hydroxyl groups excluding tert-OH is 6. The lowest BCUT2D eigenvalue weighted by Gasteiger charge is -2.46. The molecule has 0 aliphatic carbocycles. The van der Waals surface area contributed by atoms with Crippen molar-refractivity contribution >= 4 is 21.6 Å². The number of rotatable bonds is 11. The molecule has 9 atom stereocenters. The van der Waals surface area contributed by atoms with Gasteiger partial charge in [0.1, 0.15) is 48.8 Å². The Morgan fingerprint density at radius 3 is 1.94 bits per heavy atom. The molecule has 1 aliphatic heterocycles. The highest BCUT2D eigenvalue weighted by molar-refractivity contribution is 7.46. The number of phosphoric acid groups is 2. The summed E-state index contributed by atoms with van der Waals surface area (Å²) in [5, 5.41) is 61.8. The van der Waals surface area contributed by atoms with Crippen LogP contribution in [0.4, 0.5) is 0 Å². The van der Waals surface area contributed by atoms with Gasteiger partial charge in [-0.3, -0.25) is 13.8 Å². The second-order valence-electron chi connectivity index (χ2n) is 6.89. The van der Waals surface area contributed by atoms with Crippen LogP contribution in [-0.2, 0) is 27.7 Å². The number of nitrogens with one attached hydrogen (secondary N) is 1. The van der Waals surface area contributed by atoms with E-state index in [1.807, 2.05) is 0 Å². The molecule has 32 heavy (non-hydrogen) atoms. The summed E-state index contributed by atoms with van der Waals surface area (Å²) in [7, 11) is -10.8. The normalized spacial score (nSPS) is 30.9. The summed E-state index contributed by atoms with van der Waals surface area (Å²) < 4.78 is 36.3. The van der Waals surface area contributed by atoms with Gasteiger partial charge in [-0.2, -0.15) is 0 Å². The predicted molar refractivity (Wildman–Crippen MR) is 98.3 cm³/mol. The lowest BCUT2D eigenvalue weighted by molar-refractivity contribution is -0.232. The van der Waals surface area contributed by atoms with Gasteiger partial charge in [0.15, 0.2) is 0 Å². The first-order valence-electron chi connectivity index (χ1n) is 8.86. The molecular weight excluding hydrogens is 488 g/mol. The minimum Gasteiger partial charge on any atom is -0.394 e. The second kappa shape index (κ2) is 11.7. The van der Waals surface area contributed by atoms with Crippen molar-refractivity contribution in [1.82, 2.24) is 5.32 Å². The monoisotopic (exact) mass is 515 g/mol. The maximum absolute atomic E-state index is 11.5. The van der Waals surface area contributed by atoms with Crippen molar-refractivity contribution in [2.45, 2.75) is 61.8 Å². The number of hydrogen-bond acceptors (Lipinski definition) is 12. The lowest BCUT2D eigenvalue weighted by Crippen LogP contribution is -2.69. The van der Waals surface area contributed by atoms with Gasteiger partial charge < -0.3 is 60.3 Å². The van der Waals surface area contributed by atoms with Gasteiger partial charge >= 0.3 is 15.6 Å². The summed E-state index contributed by atoms with van der Waals surface area (Å²) in [6, 6.07) is -1.72. The Morgan fingerprint density at radius 2 is 1.53 bits per heavy atom. The van der Waals surface area contributed by atoms with Crippen molar-refractivity contribution < 1.29 is 77.9 Å². The van der Waals surface area contributed by atoms with Gasteiger partial charge in [0.05, 0.1) is 19.3 Å². The Hall–Kier alpha value is -0.590. The van der Waals surface area contributed by atoms with E-state index >= 15 is 0 Å². The SMILES string of the molecule is CC(=O)N[C@@H]1[C@@H](O)[C@H](O)[C@@H](CO)O[C@@H]1C(OP(=O)(O)O)[C@H](O)[C@H](O)[C@@H](CO)OP(=O)(O)O. The highest BCUT2D eigenvalue weighted by Gasteiger charge is 2.52. The molecule has 11 N–H and O–H groups in total. The van der Waals surface area contributed by atoms with Gasteiger partial charge in [0.25, 0.3) is 0 Å². The van der Waals surface area contributed by atoms with E-state index in [-0.39, 0.29) is 0 Å². The number of aliphatic hydroxyl groups is 6. The molecule has 0 saturated carbocycles. The van der Waals surface area contributed by atoms with Crippen LogP contribution in [0.1, 0.15) is 6.92 Å². The van der Waals surface area contributed by atoms with E-state index in [1.54, 1.807) is 0 Å². The number of carbonyl (C=O) groups is 1. The summed E-state index contributed by atoms with van der Waals surface area (Å²) in [5.41, 5.74) is 0. The maximum atomic E-state index is 11.5. The number of amides is 1. The number of carbonyl (C=O) groups excluding carboxylic acids is 1. The second-order valence-corrected chi connectivity index (χ2v) is 9.27. The smallest absolute Gasteiger partial charge is 0.394 e. The quantitative estimate of drug-likeness (QED) is 0.114. The van der Waals surface area contributed by atoms with Gasteiger partial charge in [0.2, 0.25) is 5.91 Å².